The third-order valence-corrected chi connectivity index (χ3v) is 6.75. The molecule has 0 spiro atoms. The highest BCUT2D eigenvalue weighted by atomic mass is 32.2. The monoisotopic (exact) mass is 460 g/mol. The lowest BCUT2D eigenvalue weighted by atomic mass is 9.98. The van der Waals surface area contributed by atoms with Crippen molar-refractivity contribution in [2.24, 2.45) is 5.92 Å². The SMILES string of the molecule is CC(C)CN(CCC(O)Cc1ccccc1C(=O)NC(C)(C)C)S(=O)(=O)c1ccccc1. The maximum atomic E-state index is 13.1. The second kappa shape index (κ2) is 11.1. The molecule has 176 valence electrons. The van der Waals surface area contributed by atoms with Crippen molar-refractivity contribution in [3.8, 4) is 0 Å². The molecule has 0 aliphatic rings. The van der Waals surface area contributed by atoms with Crippen molar-refractivity contribution < 1.29 is 18.3 Å². The number of carbonyl (C=O) groups is 1. The predicted molar refractivity (Wildman–Crippen MR) is 128 cm³/mol. The smallest absolute Gasteiger partial charge is 0.251 e. The van der Waals surface area contributed by atoms with E-state index in [9.17, 15) is 18.3 Å². The standard InChI is InChI=1S/C25H36N2O4S/c1-19(2)18-27(32(30,31)22-12-7-6-8-13-22)16-15-21(28)17-20-11-9-10-14-23(20)24(29)26-25(3,4)5/h6-14,19,21,28H,15-18H2,1-5H3,(H,26,29). The normalized spacial score (nSPS) is 13.4. The largest absolute Gasteiger partial charge is 0.393 e. The van der Waals surface area contributed by atoms with Gasteiger partial charge < -0.3 is 10.4 Å². The molecule has 0 aromatic heterocycles. The zero-order valence-corrected chi connectivity index (χ0v) is 20.5. The minimum absolute atomic E-state index is 0.146. The Balaban J connectivity index is 2.12. The Bertz CT molecular complexity index is 983. The maximum absolute atomic E-state index is 13.1. The third kappa shape index (κ3) is 7.73. The molecule has 2 rings (SSSR count). The van der Waals surface area contributed by atoms with Gasteiger partial charge in [-0.15, -0.1) is 0 Å². The highest BCUT2D eigenvalue weighted by molar-refractivity contribution is 7.89. The van der Waals surface area contributed by atoms with E-state index in [4.69, 9.17) is 0 Å². The van der Waals surface area contributed by atoms with Crippen molar-refractivity contribution in [1.29, 1.82) is 0 Å². The van der Waals surface area contributed by atoms with Gasteiger partial charge in [-0.2, -0.15) is 4.31 Å². The number of amides is 1. The summed E-state index contributed by atoms with van der Waals surface area (Å²) in [4.78, 5) is 12.9. The number of aliphatic hydroxyl groups is 1. The molecule has 0 saturated heterocycles. The van der Waals surface area contributed by atoms with E-state index in [2.05, 4.69) is 5.32 Å². The molecule has 32 heavy (non-hydrogen) atoms. The van der Waals surface area contributed by atoms with Gasteiger partial charge in [-0.1, -0.05) is 50.2 Å². The third-order valence-electron chi connectivity index (χ3n) is 4.87. The predicted octanol–water partition coefficient (Wildman–Crippen LogP) is 3.86. The minimum atomic E-state index is -3.65. The summed E-state index contributed by atoms with van der Waals surface area (Å²) < 4.78 is 27.7. The van der Waals surface area contributed by atoms with Crippen LogP contribution in [0.5, 0.6) is 0 Å². The van der Waals surface area contributed by atoms with Crippen molar-refractivity contribution in [3.05, 3.63) is 65.7 Å². The van der Waals surface area contributed by atoms with Gasteiger partial charge in [0.2, 0.25) is 10.0 Å². The summed E-state index contributed by atoms with van der Waals surface area (Å²) >= 11 is 0. The zero-order chi connectivity index (χ0) is 23.9. The van der Waals surface area contributed by atoms with Crippen LogP contribution in [0, 0.1) is 5.92 Å². The van der Waals surface area contributed by atoms with Crippen LogP contribution in [-0.2, 0) is 16.4 Å². The van der Waals surface area contributed by atoms with Gasteiger partial charge >= 0.3 is 0 Å². The average Bonchev–Trinajstić information content (AvgIpc) is 2.70. The second-order valence-corrected chi connectivity index (χ2v) is 11.5. The Morgan fingerprint density at radius 3 is 2.22 bits per heavy atom. The fourth-order valence-electron chi connectivity index (χ4n) is 3.44. The first-order valence-electron chi connectivity index (χ1n) is 11.0. The zero-order valence-electron chi connectivity index (χ0n) is 19.7. The molecule has 7 heteroatoms. The van der Waals surface area contributed by atoms with Gasteiger partial charge in [-0.3, -0.25) is 4.79 Å². The Kier molecular flexibility index (Phi) is 9.01. The van der Waals surface area contributed by atoms with E-state index in [0.29, 0.717) is 12.1 Å². The van der Waals surface area contributed by atoms with Crippen LogP contribution in [0.15, 0.2) is 59.5 Å². The van der Waals surface area contributed by atoms with E-state index >= 15 is 0 Å². The Hall–Kier alpha value is -2.22. The van der Waals surface area contributed by atoms with Gasteiger partial charge in [0.15, 0.2) is 0 Å². The van der Waals surface area contributed by atoms with Gasteiger partial charge in [0.25, 0.3) is 5.91 Å². The first-order chi connectivity index (χ1) is 14.9. The first kappa shape index (κ1) is 26.0. The molecule has 0 heterocycles. The molecule has 2 aromatic rings. The van der Waals surface area contributed by atoms with E-state index in [0.717, 1.165) is 5.56 Å². The molecular weight excluding hydrogens is 424 g/mol. The van der Waals surface area contributed by atoms with Crippen LogP contribution < -0.4 is 5.32 Å². The number of benzene rings is 2. The summed E-state index contributed by atoms with van der Waals surface area (Å²) in [5.41, 5.74) is 0.895. The fourth-order valence-corrected chi connectivity index (χ4v) is 5.07. The van der Waals surface area contributed by atoms with Crippen molar-refractivity contribution in [3.63, 3.8) is 0 Å². The molecule has 1 atom stereocenters. The number of nitrogens with one attached hydrogen (secondary N) is 1. The molecule has 2 N–H and O–H groups in total. The molecule has 0 radical (unpaired) electrons. The topological polar surface area (TPSA) is 86.7 Å². The number of sulfonamides is 1. The average molecular weight is 461 g/mol. The molecule has 0 fully saturated rings. The van der Waals surface area contributed by atoms with Crippen molar-refractivity contribution >= 4 is 15.9 Å². The van der Waals surface area contributed by atoms with Crippen molar-refractivity contribution in [1.82, 2.24) is 9.62 Å². The Morgan fingerprint density at radius 1 is 1.03 bits per heavy atom. The van der Waals surface area contributed by atoms with Crippen LogP contribution in [0.4, 0.5) is 0 Å². The number of carbonyl (C=O) groups excluding carboxylic acids is 1. The summed E-state index contributed by atoms with van der Waals surface area (Å²) in [6, 6.07) is 15.6. The summed E-state index contributed by atoms with van der Waals surface area (Å²) in [6.45, 7) is 10.3. The highest BCUT2D eigenvalue weighted by Crippen LogP contribution is 2.19. The number of nitrogens with zero attached hydrogens (tertiary/aromatic N) is 1. The summed E-state index contributed by atoms with van der Waals surface area (Å²) in [5, 5.41) is 13.7. The lowest BCUT2D eigenvalue weighted by Gasteiger charge is -2.25. The second-order valence-electron chi connectivity index (χ2n) is 9.58. The fraction of sp³-hybridized carbons (Fsp3) is 0.480. The first-order valence-corrected chi connectivity index (χ1v) is 12.5. The molecule has 1 unspecified atom stereocenters. The van der Waals surface area contributed by atoms with Crippen molar-refractivity contribution in [2.75, 3.05) is 13.1 Å². The van der Waals surface area contributed by atoms with Crippen LogP contribution >= 0.6 is 0 Å². The molecule has 0 aliphatic carbocycles. The van der Waals surface area contributed by atoms with Crippen LogP contribution in [0.25, 0.3) is 0 Å². The van der Waals surface area contributed by atoms with E-state index in [-0.39, 0.29) is 41.6 Å². The Morgan fingerprint density at radius 2 is 1.62 bits per heavy atom. The van der Waals surface area contributed by atoms with Gasteiger partial charge in [-0.05, 0) is 63.3 Å². The Labute approximate surface area is 192 Å². The van der Waals surface area contributed by atoms with E-state index in [1.807, 2.05) is 46.8 Å². The highest BCUT2D eigenvalue weighted by Gasteiger charge is 2.26. The van der Waals surface area contributed by atoms with Gasteiger partial charge in [0.1, 0.15) is 0 Å². The summed E-state index contributed by atoms with van der Waals surface area (Å²) in [7, 11) is -3.65. The lowest BCUT2D eigenvalue weighted by Crippen LogP contribution is -2.41. The van der Waals surface area contributed by atoms with E-state index in [1.165, 1.54) is 4.31 Å². The van der Waals surface area contributed by atoms with Crippen LogP contribution in [0.2, 0.25) is 0 Å². The number of aliphatic hydroxyl groups excluding tert-OH is 1. The summed E-state index contributed by atoms with van der Waals surface area (Å²) in [6.07, 6.45) is -0.234. The summed E-state index contributed by atoms with van der Waals surface area (Å²) in [5.74, 6) is -0.0409. The number of hydrogen-bond acceptors (Lipinski definition) is 4. The molecule has 0 saturated carbocycles. The van der Waals surface area contributed by atoms with Gasteiger partial charge in [0, 0.05) is 24.2 Å². The van der Waals surface area contributed by atoms with Gasteiger partial charge in [-0.25, -0.2) is 8.42 Å². The molecular formula is C25H36N2O4S. The van der Waals surface area contributed by atoms with E-state index < -0.39 is 16.1 Å². The van der Waals surface area contributed by atoms with Crippen LogP contribution in [0.3, 0.4) is 0 Å². The van der Waals surface area contributed by atoms with Crippen LogP contribution in [-0.4, -0.2) is 48.5 Å². The number of hydrogen-bond donors (Lipinski definition) is 2. The molecule has 1 amide bonds. The molecule has 6 nitrogen and oxygen atoms in total. The van der Waals surface area contributed by atoms with Crippen LogP contribution in [0.1, 0.15) is 57.0 Å². The maximum Gasteiger partial charge on any atom is 0.251 e. The van der Waals surface area contributed by atoms with Crippen molar-refractivity contribution in [2.45, 2.75) is 64.0 Å². The van der Waals surface area contributed by atoms with E-state index in [1.54, 1.807) is 42.5 Å². The number of rotatable bonds is 10. The molecule has 0 bridgehead atoms. The molecule has 2 aromatic carbocycles. The quantitative estimate of drug-likeness (QED) is 0.564. The molecule has 0 aliphatic heterocycles. The van der Waals surface area contributed by atoms with Gasteiger partial charge in [0.05, 0.1) is 11.0 Å². The lowest BCUT2D eigenvalue weighted by molar-refractivity contribution is 0.0917. The minimum Gasteiger partial charge on any atom is -0.393 e.